The van der Waals surface area contributed by atoms with Gasteiger partial charge in [-0.3, -0.25) is 4.79 Å². The molecule has 0 aliphatic heterocycles. The molecule has 3 nitrogen and oxygen atoms in total. The molecule has 2 rings (SSSR count). The van der Waals surface area contributed by atoms with Gasteiger partial charge in [-0.2, -0.15) is 0 Å². The topological polar surface area (TPSA) is 46.5 Å². The number of ether oxygens (including phenoxy) is 1. The Kier molecular flexibility index (Phi) is 2.40. The zero-order valence-corrected chi connectivity index (χ0v) is 8.71. The van der Waals surface area contributed by atoms with E-state index in [1.807, 2.05) is 0 Å². The van der Waals surface area contributed by atoms with E-state index < -0.39 is 5.60 Å². The van der Waals surface area contributed by atoms with Crippen molar-refractivity contribution in [3.05, 3.63) is 0 Å². The predicted molar refractivity (Wildman–Crippen MR) is 52.0 cm³/mol. The normalized spacial score (nSPS) is 40.4. The highest BCUT2D eigenvalue weighted by Crippen LogP contribution is 2.52. The van der Waals surface area contributed by atoms with Crippen molar-refractivity contribution < 1.29 is 14.6 Å². The fourth-order valence-corrected chi connectivity index (χ4v) is 2.73. The predicted octanol–water partition coefficient (Wildman–Crippen LogP) is 1.43. The molecule has 0 spiro atoms. The number of hydrogen-bond acceptors (Lipinski definition) is 3. The third kappa shape index (κ3) is 1.84. The standard InChI is InChI=1S/C11H18O3/c1-9(12)2-7-14-11-5-3-10(13,8-11)4-6-11/h13H,2-8H2,1H3. The molecular weight excluding hydrogens is 180 g/mol. The van der Waals surface area contributed by atoms with Crippen LogP contribution in [0.3, 0.4) is 0 Å². The first-order chi connectivity index (χ1) is 6.54. The van der Waals surface area contributed by atoms with Crippen LogP contribution >= 0.6 is 0 Å². The Hall–Kier alpha value is -0.410. The Morgan fingerprint density at radius 3 is 2.43 bits per heavy atom. The lowest BCUT2D eigenvalue weighted by molar-refractivity contribution is -0.120. The van der Waals surface area contributed by atoms with Crippen LogP contribution in [0.1, 0.15) is 45.4 Å². The van der Waals surface area contributed by atoms with Crippen LogP contribution < -0.4 is 0 Å². The maximum Gasteiger partial charge on any atom is 0.132 e. The van der Waals surface area contributed by atoms with Gasteiger partial charge in [-0.15, -0.1) is 0 Å². The summed E-state index contributed by atoms with van der Waals surface area (Å²) >= 11 is 0. The van der Waals surface area contributed by atoms with Crippen molar-refractivity contribution in [2.45, 2.75) is 56.7 Å². The molecular formula is C11H18O3. The lowest BCUT2D eigenvalue weighted by Crippen LogP contribution is -2.27. The Morgan fingerprint density at radius 1 is 1.36 bits per heavy atom. The van der Waals surface area contributed by atoms with Crippen molar-refractivity contribution in [3.8, 4) is 0 Å². The van der Waals surface area contributed by atoms with Gasteiger partial charge in [0.2, 0.25) is 0 Å². The quantitative estimate of drug-likeness (QED) is 0.743. The fourth-order valence-electron chi connectivity index (χ4n) is 2.73. The van der Waals surface area contributed by atoms with Crippen LogP contribution in [-0.2, 0) is 9.53 Å². The molecule has 2 saturated carbocycles. The van der Waals surface area contributed by atoms with Crippen molar-refractivity contribution in [3.63, 3.8) is 0 Å². The summed E-state index contributed by atoms with van der Waals surface area (Å²) in [6.07, 6.45) is 4.93. The first-order valence-electron chi connectivity index (χ1n) is 5.40. The average Bonchev–Trinajstić information content (AvgIpc) is 2.57. The molecule has 2 bridgehead atoms. The number of carbonyl (C=O) groups excluding carboxylic acids is 1. The van der Waals surface area contributed by atoms with E-state index in [-0.39, 0.29) is 11.4 Å². The highest BCUT2D eigenvalue weighted by molar-refractivity contribution is 5.75. The molecule has 80 valence electrons. The van der Waals surface area contributed by atoms with Crippen molar-refractivity contribution in [2.24, 2.45) is 0 Å². The Labute approximate surface area is 84.4 Å². The van der Waals surface area contributed by atoms with Crippen LogP contribution in [-0.4, -0.2) is 28.7 Å². The SMILES string of the molecule is CC(=O)CCOC12CCC(O)(CC1)C2. The van der Waals surface area contributed by atoms with Gasteiger partial charge in [0, 0.05) is 12.8 Å². The average molecular weight is 198 g/mol. The van der Waals surface area contributed by atoms with E-state index in [0.717, 1.165) is 32.1 Å². The second-order valence-corrected chi connectivity index (χ2v) is 4.88. The summed E-state index contributed by atoms with van der Waals surface area (Å²) in [5.74, 6) is 0.174. The van der Waals surface area contributed by atoms with E-state index in [4.69, 9.17) is 4.74 Å². The van der Waals surface area contributed by atoms with E-state index in [2.05, 4.69) is 0 Å². The smallest absolute Gasteiger partial charge is 0.132 e. The molecule has 0 radical (unpaired) electrons. The molecule has 0 amide bonds. The summed E-state index contributed by atoms with van der Waals surface area (Å²) in [4.78, 5) is 10.8. The van der Waals surface area contributed by atoms with Gasteiger partial charge in [0.25, 0.3) is 0 Å². The molecule has 14 heavy (non-hydrogen) atoms. The van der Waals surface area contributed by atoms with E-state index in [9.17, 15) is 9.90 Å². The Morgan fingerprint density at radius 2 is 2.00 bits per heavy atom. The third-order valence-corrected chi connectivity index (χ3v) is 3.61. The molecule has 0 aromatic rings. The maximum absolute atomic E-state index is 10.8. The van der Waals surface area contributed by atoms with Gasteiger partial charge in [-0.25, -0.2) is 0 Å². The molecule has 0 aromatic carbocycles. The van der Waals surface area contributed by atoms with Gasteiger partial charge < -0.3 is 9.84 Å². The van der Waals surface area contributed by atoms with Crippen molar-refractivity contribution in [1.29, 1.82) is 0 Å². The molecule has 2 aliphatic rings. The van der Waals surface area contributed by atoms with Crippen LogP contribution in [0.2, 0.25) is 0 Å². The molecule has 0 heterocycles. The Bertz CT molecular complexity index is 239. The third-order valence-electron chi connectivity index (χ3n) is 3.61. The first kappa shape index (κ1) is 10.1. The van der Waals surface area contributed by atoms with Gasteiger partial charge >= 0.3 is 0 Å². The lowest BCUT2D eigenvalue weighted by Gasteiger charge is -2.26. The van der Waals surface area contributed by atoms with E-state index in [0.29, 0.717) is 13.0 Å². The van der Waals surface area contributed by atoms with Gasteiger partial charge in [-0.1, -0.05) is 0 Å². The number of Topliss-reactive ketones (excluding diaryl/α,β-unsaturated/α-hetero) is 1. The lowest BCUT2D eigenvalue weighted by atomic mass is 9.95. The zero-order valence-electron chi connectivity index (χ0n) is 8.71. The van der Waals surface area contributed by atoms with Gasteiger partial charge in [0.1, 0.15) is 5.78 Å². The largest absolute Gasteiger partial charge is 0.390 e. The number of carbonyl (C=O) groups is 1. The van der Waals surface area contributed by atoms with E-state index in [1.165, 1.54) is 0 Å². The van der Waals surface area contributed by atoms with Crippen molar-refractivity contribution in [1.82, 2.24) is 0 Å². The van der Waals surface area contributed by atoms with Crippen LogP contribution in [0, 0.1) is 0 Å². The summed E-state index contributed by atoms with van der Waals surface area (Å²) in [6, 6.07) is 0. The molecule has 2 aliphatic carbocycles. The molecule has 1 N–H and O–H groups in total. The highest BCUT2D eigenvalue weighted by Gasteiger charge is 2.54. The summed E-state index contributed by atoms with van der Waals surface area (Å²) in [6.45, 7) is 2.10. The summed E-state index contributed by atoms with van der Waals surface area (Å²) in [7, 11) is 0. The monoisotopic (exact) mass is 198 g/mol. The van der Waals surface area contributed by atoms with E-state index in [1.54, 1.807) is 6.92 Å². The van der Waals surface area contributed by atoms with E-state index >= 15 is 0 Å². The first-order valence-corrected chi connectivity index (χ1v) is 5.40. The molecule has 2 fully saturated rings. The maximum atomic E-state index is 10.8. The minimum atomic E-state index is -0.448. The van der Waals surface area contributed by atoms with Crippen LogP contribution in [0.25, 0.3) is 0 Å². The molecule has 0 saturated heterocycles. The number of fused-ring (bicyclic) bond motifs is 2. The molecule has 3 heteroatoms. The van der Waals surface area contributed by atoms with Crippen LogP contribution in [0.4, 0.5) is 0 Å². The number of rotatable bonds is 4. The van der Waals surface area contributed by atoms with Crippen molar-refractivity contribution >= 4 is 5.78 Å². The number of ketones is 1. The highest BCUT2D eigenvalue weighted by atomic mass is 16.5. The summed E-state index contributed by atoms with van der Waals surface area (Å²) in [5.41, 5.74) is -0.541. The van der Waals surface area contributed by atoms with Crippen LogP contribution in [0.5, 0.6) is 0 Å². The second-order valence-electron chi connectivity index (χ2n) is 4.88. The fraction of sp³-hybridized carbons (Fsp3) is 0.909. The minimum Gasteiger partial charge on any atom is -0.390 e. The molecule has 0 unspecified atom stereocenters. The summed E-state index contributed by atoms with van der Waals surface area (Å²) in [5, 5.41) is 9.97. The van der Waals surface area contributed by atoms with Crippen LogP contribution in [0.15, 0.2) is 0 Å². The number of hydrogen-bond donors (Lipinski definition) is 1. The Balaban J connectivity index is 1.84. The zero-order chi connectivity index (χ0) is 10.2. The minimum absolute atomic E-state index is 0.0931. The second kappa shape index (κ2) is 3.31. The van der Waals surface area contributed by atoms with Crippen molar-refractivity contribution in [2.75, 3.05) is 6.61 Å². The van der Waals surface area contributed by atoms with Gasteiger partial charge in [-0.05, 0) is 32.6 Å². The van der Waals surface area contributed by atoms with Gasteiger partial charge in [0.15, 0.2) is 0 Å². The molecule has 0 atom stereocenters. The number of aliphatic hydroxyl groups is 1. The summed E-state index contributed by atoms with van der Waals surface area (Å²) < 4.78 is 5.78. The van der Waals surface area contributed by atoms with Gasteiger partial charge in [0.05, 0.1) is 17.8 Å². The molecule has 0 aromatic heterocycles.